The lowest BCUT2D eigenvalue weighted by molar-refractivity contribution is 0.669. The molecule has 0 atom stereocenters. The molecule has 0 aliphatic carbocycles. The number of hydrogen-bond donors (Lipinski definition) is 0. The predicted octanol–water partition coefficient (Wildman–Crippen LogP) is 15.2. The molecule has 0 amide bonds. The van der Waals surface area contributed by atoms with Crippen molar-refractivity contribution in [3.63, 3.8) is 0 Å². The second-order valence-electron chi connectivity index (χ2n) is 16.4. The van der Waals surface area contributed by atoms with Crippen LogP contribution in [0.2, 0.25) is 0 Å². The highest BCUT2D eigenvalue weighted by molar-refractivity contribution is 6.23. The highest BCUT2D eigenvalue weighted by Gasteiger charge is 2.22. The van der Waals surface area contributed by atoms with Crippen LogP contribution in [0.4, 0.5) is 0 Å². The molecule has 14 aromatic rings. The van der Waals surface area contributed by atoms with Gasteiger partial charge in [-0.15, -0.1) is 0 Å². The lowest BCUT2D eigenvalue weighted by Crippen LogP contribution is -2.01. The molecule has 0 unspecified atom stereocenters. The maximum absolute atomic E-state index is 6.71. The molecule has 0 saturated heterocycles. The quantitative estimate of drug-likeness (QED) is 0.177. The largest absolute Gasteiger partial charge is 0.456 e. The maximum Gasteiger partial charge on any atom is 0.164 e. The van der Waals surface area contributed by atoms with Crippen LogP contribution in [0.25, 0.3) is 138 Å². The van der Waals surface area contributed by atoms with Crippen LogP contribution in [-0.2, 0) is 0 Å². The van der Waals surface area contributed by atoms with Crippen LogP contribution in [0.15, 0.2) is 203 Å². The number of nitrogens with zero attached hydrogens (tertiary/aromatic N) is 4. The van der Waals surface area contributed by atoms with Crippen molar-refractivity contribution in [3.05, 3.63) is 194 Å². The molecule has 4 aromatic heterocycles. The standard InChI is InChI=1S/C57H32N4O2/c1-2-12-33(13-3-1)55-58-56(38-22-24-42-41-18-8-10-20-50(41)62-52(42)30-38)60-57(59-55)47-32-53-54(43-19-9-11-21-51(43)63-53)46-31-39(23-25-40(46)47)61-48-28-36-16-6-4-14-34(36)26-44(48)45-27-35-15-5-7-17-37(35)29-49(45)61/h1-32H. The van der Waals surface area contributed by atoms with Gasteiger partial charge in [-0.25, -0.2) is 15.0 Å². The van der Waals surface area contributed by atoms with E-state index in [-0.39, 0.29) is 0 Å². The molecule has 4 heterocycles. The molecule has 292 valence electrons. The molecule has 0 fully saturated rings. The van der Waals surface area contributed by atoms with Crippen molar-refractivity contribution in [3.8, 4) is 39.9 Å². The number of aromatic nitrogens is 4. The normalized spacial score (nSPS) is 12.1. The smallest absolute Gasteiger partial charge is 0.164 e. The monoisotopic (exact) mass is 804 g/mol. The number of para-hydroxylation sites is 2. The van der Waals surface area contributed by atoms with E-state index in [2.05, 4.69) is 132 Å². The van der Waals surface area contributed by atoms with E-state index >= 15 is 0 Å². The van der Waals surface area contributed by atoms with Crippen LogP contribution < -0.4 is 0 Å². The Morgan fingerprint density at radius 2 is 0.857 bits per heavy atom. The summed E-state index contributed by atoms with van der Waals surface area (Å²) in [6, 6.07) is 68.2. The molecule has 6 nitrogen and oxygen atoms in total. The predicted molar refractivity (Wildman–Crippen MR) is 258 cm³/mol. The Kier molecular flexibility index (Phi) is 7.02. The van der Waals surface area contributed by atoms with Gasteiger partial charge < -0.3 is 13.4 Å². The zero-order chi connectivity index (χ0) is 41.2. The summed E-state index contributed by atoms with van der Waals surface area (Å²) >= 11 is 0. The number of rotatable bonds is 4. The van der Waals surface area contributed by atoms with E-state index in [0.29, 0.717) is 17.5 Å². The van der Waals surface area contributed by atoms with E-state index < -0.39 is 0 Å². The topological polar surface area (TPSA) is 69.9 Å². The van der Waals surface area contributed by atoms with Crippen LogP contribution in [0.3, 0.4) is 0 Å². The third-order valence-electron chi connectivity index (χ3n) is 12.8. The van der Waals surface area contributed by atoms with Gasteiger partial charge >= 0.3 is 0 Å². The minimum Gasteiger partial charge on any atom is -0.456 e. The van der Waals surface area contributed by atoms with Gasteiger partial charge in [-0.3, -0.25) is 0 Å². The molecule has 0 N–H and O–H groups in total. The number of furan rings is 2. The van der Waals surface area contributed by atoms with Crippen LogP contribution in [0, 0.1) is 0 Å². The number of benzene rings is 10. The first-order valence-corrected chi connectivity index (χ1v) is 21.2. The molecule has 63 heavy (non-hydrogen) atoms. The van der Waals surface area contributed by atoms with Gasteiger partial charge in [-0.2, -0.15) is 0 Å². The van der Waals surface area contributed by atoms with Gasteiger partial charge in [-0.05, 0) is 99.0 Å². The van der Waals surface area contributed by atoms with Crippen LogP contribution in [-0.4, -0.2) is 19.5 Å². The molecule has 0 saturated carbocycles. The summed E-state index contributed by atoms with van der Waals surface area (Å²) in [5.41, 5.74) is 9.17. The summed E-state index contributed by atoms with van der Waals surface area (Å²) in [6.07, 6.45) is 0. The number of hydrogen-bond acceptors (Lipinski definition) is 5. The van der Waals surface area contributed by atoms with Gasteiger partial charge in [0.25, 0.3) is 0 Å². The molecule has 10 aromatic carbocycles. The fourth-order valence-corrected chi connectivity index (χ4v) is 9.82. The summed E-state index contributed by atoms with van der Waals surface area (Å²) < 4.78 is 15.5. The number of fused-ring (bicyclic) bond motifs is 13. The second-order valence-corrected chi connectivity index (χ2v) is 16.4. The highest BCUT2D eigenvalue weighted by atomic mass is 16.3. The average Bonchev–Trinajstić information content (AvgIpc) is 4.01. The Morgan fingerprint density at radius 1 is 0.317 bits per heavy atom. The van der Waals surface area contributed by atoms with Gasteiger partial charge in [0.2, 0.25) is 0 Å². The zero-order valence-electron chi connectivity index (χ0n) is 33.6. The third-order valence-corrected chi connectivity index (χ3v) is 12.8. The van der Waals surface area contributed by atoms with Gasteiger partial charge in [0.05, 0.1) is 11.0 Å². The Balaban J connectivity index is 1.05. The lowest BCUT2D eigenvalue weighted by Gasteiger charge is -2.14. The summed E-state index contributed by atoms with van der Waals surface area (Å²) in [6.45, 7) is 0. The van der Waals surface area contributed by atoms with E-state index in [1.165, 1.54) is 32.3 Å². The van der Waals surface area contributed by atoms with Gasteiger partial charge in [-0.1, -0.05) is 127 Å². The Hall–Kier alpha value is -8.61. The highest BCUT2D eigenvalue weighted by Crippen LogP contribution is 2.43. The van der Waals surface area contributed by atoms with Crippen molar-refractivity contribution < 1.29 is 8.83 Å². The second kappa shape index (κ2) is 12.9. The van der Waals surface area contributed by atoms with E-state index in [4.69, 9.17) is 23.8 Å². The first kappa shape index (κ1) is 34.1. The molecule has 6 heteroatoms. The van der Waals surface area contributed by atoms with Gasteiger partial charge in [0.15, 0.2) is 17.5 Å². The van der Waals surface area contributed by atoms with Crippen molar-refractivity contribution in [2.24, 2.45) is 0 Å². The van der Waals surface area contributed by atoms with E-state index in [0.717, 1.165) is 88.1 Å². The summed E-state index contributed by atoms with van der Waals surface area (Å²) in [7, 11) is 0. The summed E-state index contributed by atoms with van der Waals surface area (Å²) in [5, 5.41) is 13.6. The maximum atomic E-state index is 6.71. The van der Waals surface area contributed by atoms with E-state index in [1.54, 1.807) is 0 Å². The Morgan fingerprint density at radius 3 is 1.57 bits per heavy atom. The van der Waals surface area contributed by atoms with E-state index in [1.807, 2.05) is 66.7 Å². The fraction of sp³-hybridized carbons (Fsp3) is 0. The van der Waals surface area contributed by atoms with Crippen molar-refractivity contribution in [1.82, 2.24) is 19.5 Å². The average molecular weight is 805 g/mol. The van der Waals surface area contributed by atoms with Crippen molar-refractivity contribution >= 4 is 98.0 Å². The molecule has 14 rings (SSSR count). The van der Waals surface area contributed by atoms with E-state index in [9.17, 15) is 0 Å². The zero-order valence-corrected chi connectivity index (χ0v) is 33.6. The fourth-order valence-electron chi connectivity index (χ4n) is 9.82. The van der Waals surface area contributed by atoms with Gasteiger partial charge in [0, 0.05) is 54.7 Å². The van der Waals surface area contributed by atoms with Crippen molar-refractivity contribution in [2.45, 2.75) is 0 Å². The lowest BCUT2D eigenvalue weighted by atomic mass is 9.97. The Bertz CT molecular complexity index is 4120. The minimum atomic E-state index is 0.554. The van der Waals surface area contributed by atoms with Crippen LogP contribution in [0.1, 0.15) is 0 Å². The molecular weight excluding hydrogens is 773 g/mol. The molecule has 0 radical (unpaired) electrons. The minimum absolute atomic E-state index is 0.554. The van der Waals surface area contributed by atoms with Crippen molar-refractivity contribution in [2.75, 3.05) is 0 Å². The Labute approximate surface area is 358 Å². The first-order valence-electron chi connectivity index (χ1n) is 21.2. The van der Waals surface area contributed by atoms with Crippen LogP contribution in [0.5, 0.6) is 0 Å². The van der Waals surface area contributed by atoms with Gasteiger partial charge in [0.1, 0.15) is 22.3 Å². The molecule has 0 spiro atoms. The first-order chi connectivity index (χ1) is 31.2. The molecule has 0 aliphatic rings. The SMILES string of the molecule is c1ccc(-c2nc(-c3ccc4c(c3)oc3ccccc34)nc(-c3cc4oc5ccccc5c4c4cc(-n5c6cc7ccccc7cc6c6cc7ccccc7cc65)ccc34)n2)cc1. The summed E-state index contributed by atoms with van der Waals surface area (Å²) in [4.78, 5) is 15.6. The molecule has 0 bridgehead atoms. The molecular formula is C57H32N4O2. The third kappa shape index (κ3) is 5.15. The van der Waals surface area contributed by atoms with Crippen LogP contribution >= 0.6 is 0 Å². The molecule has 0 aliphatic heterocycles. The van der Waals surface area contributed by atoms with Crippen molar-refractivity contribution in [1.29, 1.82) is 0 Å². The summed E-state index contributed by atoms with van der Waals surface area (Å²) in [5.74, 6) is 1.69.